The largest absolute Gasteiger partial charge is 0.338 e. The fourth-order valence-electron chi connectivity index (χ4n) is 3.03. The van der Waals surface area contributed by atoms with Crippen molar-refractivity contribution >= 4 is 38.4 Å². The molecule has 0 bridgehead atoms. The Morgan fingerprint density at radius 3 is 2.54 bits per heavy atom. The van der Waals surface area contributed by atoms with Crippen LogP contribution in [0.3, 0.4) is 0 Å². The van der Waals surface area contributed by atoms with Crippen LogP contribution >= 0.6 is 11.3 Å². The second-order valence-corrected chi connectivity index (χ2v) is 7.40. The molecular formula is C20H27N5O2S. The normalized spacial score (nSPS) is 15.2. The summed E-state index contributed by atoms with van der Waals surface area (Å²) >= 11 is 1.38. The summed E-state index contributed by atoms with van der Waals surface area (Å²) in [5.41, 5.74) is 5.63. The summed E-state index contributed by atoms with van der Waals surface area (Å²) in [4.78, 5) is 26.9. The summed E-state index contributed by atoms with van der Waals surface area (Å²) in [5, 5.41) is 16.0. The quantitative estimate of drug-likeness (QED) is 0.730. The Hall–Kier alpha value is -2.63. The van der Waals surface area contributed by atoms with Crippen LogP contribution in [0.1, 0.15) is 44.0 Å². The zero-order chi connectivity index (χ0) is 20.7. The van der Waals surface area contributed by atoms with Gasteiger partial charge in [0.2, 0.25) is 0 Å². The molecule has 7 nitrogen and oxygen atoms in total. The number of carbonyl (C=O) groups is 2. The summed E-state index contributed by atoms with van der Waals surface area (Å²) in [6.45, 7) is 7.18. The first-order chi connectivity index (χ1) is 13.5. The summed E-state index contributed by atoms with van der Waals surface area (Å²) in [7, 11) is 0. The van der Waals surface area contributed by atoms with Crippen molar-refractivity contribution < 1.29 is 9.59 Å². The number of likely N-dealkylation sites (tertiary alicyclic amines) is 1. The summed E-state index contributed by atoms with van der Waals surface area (Å²) < 4.78 is 0.935. The first kappa shape index (κ1) is 21.7. The van der Waals surface area contributed by atoms with E-state index in [1.165, 1.54) is 11.3 Å². The number of urea groups is 1. The molecule has 0 spiro atoms. The lowest BCUT2D eigenvalue weighted by Crippen LogP contribution is -2.51. The van der Waals surface area contributed by atoms with Gasteiger partial charge >= 0.3 is 6.03 Å². The smallest absolute Gasteiger partial charge is 0.319 e. The first-order valence-electron chi connectivity index (χ1n) is 9.53. The number of anilines is 1. The van der Waals surface area contributed by atoms with Gasteiger partial charge in [0.1, 0.15) is 10.5 Å². The molecule has 150 valence electrons. The van der Waals surface area contributed by atoms with Crippen LogP contribution in [0.2, 0.25) is 0 Å². The Bertz CT molecular complexity index is 878. The highest BCUT2D eigenvalue weighted by molar-refractivity contribution is 7.23. The number of fused-ring (bicyclic) bond motifs is 1. The number of rotatable bonds is 3. The summed E-state index contributed by atoms with van der Waals surface area (Å²) in [5.74, 6) is -0.144. The molecule has 8 heteroatoms. The number of nitriles is 1. The van der Waals surface area contributed by atoms with Gasteiger partial charge in [0.15, 0.2) is 0 Å². The number of hydrogen-bond acceptors (Lipinski definition) is 5. The molecule has 0 radical (unpaired) electrons. The fraction of sp³-hybridized carbons (Fsp3) is 0.450. The van der Waals surface area contributed by atoms with Gasteiger partial charge in [-0.15, -0.1) is 11.3 Å². The Balaban J connectivity index is 0.00000136. The third-order valence-corrected chi connectivity index (χ3v) is 5.63. The number of nitrogens with two attached hydrogens (primary N) is 1. The number of benzene rings is 1. The molecule has 28 heavy (non-hydrogen) atoms. The van der Waals surface area contributed by atoms with Crippen LogP contribution in [0.4, 0.5) is 9.80 Å². The second-order valence-electron chi connectivity index (χ2n) is 6.35. The van der Waals surface area contributed by atoms with E-state index in [1.807, 2.05) is 45.0 Å². The van der Waals surface area contributed by atoms with E-state index in [4.69, 9.17) is 11.0 Å². The number of nitrogens with zero attached hydrogens (tertiary/aromatic N) is 2. The number of thiophene rings is 1. The summed E-state index contributed by atoms with van der Waals surface area (Å²) in [6, 6.07) is 9.38. The second kappa shape index (κ2) is 9.53. The lowest BCUT2D eigenvalue weighted by Gasteiger charge is -2.34. The lowest BCUT2D eigenvalue weighted by atomic mass is 9.90. The fourth-order valence-corrected chi connectivity index (χ4v) is 4.12. The topological polar surface area (TPSA) is 111 Å². The molecule has 2 aromatic rings. The van der Waals surface area contributed by atoms with E-state index >= 15 is 0 Å². The molecule has 2 heterocycles. The molecule has 0 saturated carbocycles. The van der Waals surface area contributed by atoms with Crippen molar-refractivity contribution in [2.75, 3.05) is 25.0 Å². The highest BCUT2D eigenvalue weighted by Crippen LogP contribution is 2.37. The zero-order valence-electron chi connectivity index (χ0n) is 16.5. The molecule has 1 aliphatic rings. The van der Waals surface area contributed by atoms with Crippen molar-refractivity contribution in [1.82, 2.24) is 10.2 Å². The van der Waals surface area contributed by atoms with Crippen LogP contribution in [-0.4, -0.2) is 42.0 Å². The molecule has 0 atom stereocenters. The number of nitrogens with one attached hydrogen (secondary N) is 2. The van der Waals surface area contributed by atoms with Gasteiger partial charge in [0.05, 0.1) is 11.6 Å². The summed E-state index contributed by atoms with van der Waals surface area (Å²) in [6.07, 6.45) is 0.882. The van der Waals surface area contributed by atoms with Crippen LogP contribution in [0.15, 0.2) is 24.3 Å². The monoisotopic (exact) mass is 401 g/mol. The molecule has 3 rings (SSSR count). The molecule has 1 fully saturated rings. The van der Waals surface area contributed by atoms with Crippen LogP contribution in [0.25, 0.3) is 10.1 Å². The Kier molecular flexibility index (Phi) is 7.38. The van der Waals surface area contributed by atoms with E-state index in [0.717, 1.165) is 10.1 Å². The molecule has 1 aromatic heterocycles. The van der Waals surface area contributed by atoms with Gasteiger partial charge in [-0.1, -0.05) is 32.0 Å². The van der Waals surface area contributed by atoms with E-state index < -0.39 is 5.54 Å². The number of hydrogen-bond donors (Lipinski definition) is 3. The maximum atomic E-state index is 13.2. The van der Waals surface area contributed by atoms with Crippen LogP contribution < -0.4 is 16.4 Å². The van der Waals surface area contributed by atoms with E-state index in [-0.39, 0.29) is 11.9 Å². The standard InChI is InChI=1S/C18H21N5O2S.C2H6/c1-2-21-17(25)22-15-14(12-5-3-4-6-13(12)26-15)16(24)23-9-7-18(20,11-19)8-10-23;1-2/h3-6H,2,7-10,20H2,1H3,(H2,21,22,25);1-2H3. The predicted octanol–water partition coefficient (Wildman–Crippen LogP) is 3.53. The molecule has 1 aromatic carbocycles. The SMILES string of the molecule is CC.CCNC(=O)Nc1sc2ccccc2c1C(=O)N1CCC(N)(C#N)CC1. The maximum Gasteiger partial charge on any atom is 0.319 e. The Morgan fingerprint density at radius 1 is 1.29 bits per heavy atom. The average molecular weight is 402 g/mol. The molecule has 1 saturated heterocycles. The van der Waals surface area contributed by atoms with Crippen molar-refractivity contribution in [3.63, 3.8) is 0 Å². The lowest BCUT2D eigenvalue weighted by molar-refractivity contribution is 0.0699. The Labute approximate surface area is 169 Å². The zero-order valence-corrected chi connectivity index (χ0v) is 17.4. The number of carbonyl (C=O) groups excluding carboxylic acids is 2. The minimum Gasteiger partial charge on any atom is -0.338 e. The van der Waals surface area contributed by atoms with Crippen molar-refractivity contribution in [3.8, 4) is 6.07 Å². The highest BCUT2D eigenvalue weighted by atomic mass is 32.1. The third-order valence-electron chi connectivity index (χ3n) is 4.54. The van der Waals surface area contributed by atoms with E-state index in [9.17, 15) is 9.59 Å². The van der Waals surface area contributed by atoms with Crippen molar-refractivity contribution in [2.24, 2.45) is 5.73 Å². The van der Waals surface area contributed by atoms with Crippen LogP contribution in [-0.2, 0) is 0 Å². The molecule has 3 amide bonds. The predicted molar refractivity (Wildman–Crippen MR) is 114 cm³/mol. The van der Waals surface area contributed by atoms with Gasteiger partial charge in [-0.05, 0) is 25.8 Å². The van der Waals surface area contributed by atoms with Crippen molar-refractivity contribution in [1.29, 1.82) is 5.26 Å². The molecule has 0 unspecified atom stereocenters. The minimum absolute atomic E-state index is 0.144. The van der Waals surface area contributed by atoms with Crippen LogP contribution in [0.5, 0.6) is 0 Å². The third kappa shape index (κ3) is 4.61. The van der Waals surface area contributed by atoms with Gasteiger partial charge in [-0.25, -0.2) is 4.79 Å². The van der Waals surface area contributed by atoms with Gasteiger partial charge in [-0.3, -0.25) is 10.1 Å². The Morgan fingerprint density at radius 2 is 1.93 bits per heavy atom. The van der Waals surface area contributed by atoms with Gasteiger partial charge in [-0.2, -0.15) is 5.26 Å². The van der Waals surface area contributed by atoms with E-state index in [1.54, 1.807) is 4.90 Å². The molecule has 1 aliphatic heterocycles. The average Bonchev–Trinajstić information content (AvgIpc) is 3.07. The van der Waals surface area contributed by atoms with E-state index in [0.29, 0.717) is 43.0 Å². The van der Waals surface area contributed by atoms with Crippen LogP contribution in [0, 0.1) is 11.3 Å². The van der Waals surface area contributed by atoms with Crippen molar-refractivity contribution in [3.05, 3.63) is 29.8 Å². The van der Waals surface area contributed by atoms with E-state index in [2.05, 4.69) is 16.7 Å². The van der Waals surface area contributed by atoms with Gasteiger partial charge in [0.25, 0.3) is 5.91 Å². The first-order valence-corrected chi connectivity index (χ1v) is 10.3. The molecule has 4 N–H and O–H groups in total. The minimum atomic E-state index is -0.865. The molecular weight excluding hydrogens is 374 g/mol. The maximum absolute atomic E-state index is 13.2. The molecule has 0 aliphatic carbocycles. The van der Waals surface area contributed by atoms with Gasteiger partial charge < -0.3 is 16.0 Å². The highest BCUT2D eigenvalue weighted by Gasteiger charge is 2.34. The number of piperidine rings is 1. The number of amides is 3. The van der Waals surface area contributed by atoms with Gasteiger partial charge in [0, 0.05) is 29.7 Å². The van der Waals surface area contributed by atoms with Crippen molar-refractivity contribution in [2.45, 2.75) is 39.2 Å².